The zero-order valence-electron chi connectivity index (χ0n) is 20.8. The fraction of sp³-hybridized carbons (Fsp3) is 0.250. The summed E-state index contributed by atoms with van der Waals surface area (Å²) in [6.45, 7) is 6.16. The average molecular weight is 487 g/mol. The first kappa shape index (κ1) is 24.8. The van der Waals surface area contributed by atoms with E-state index >= 15 is 0 Å². The van der Waals surface area contributed by atoms with E-state index in [-0.39, 0.29) is 11.8 Å². The Hall–Kier alpha value is -4.33. The number of rotatable bonds is 7. The fourth-order valence-corrected chi connectivity index (χ4v) is 3.96. The van der Waals surface area contributed by atoms with Crippen LogP contribution < -0.4 is 15.4 Å². The Balaban J connectivity index is 1.64. The van der Waals surface area contributed by atoms with E-state index in [9.17, 15) is 9.59 Å². The lowest BCUT2D eigenvalue weighted by Crippen LogP contribution is -2.21. The van der Waals surface area contributed by atoms with E-state index in [4.69, 9.17) is 14.9 Å². The minimum atomic E-state index is -0.848. The molecule has 1 aromatic heterocycles. The fourth-order valence-electron chi connectivity index (χ4n) is 3.96. The molecule has 4 rings (SSSR count). The number of nitrogens with one attached hydrogen (secondary N) is 2. The van der Waals surface area contributed by atoms with Crippen LogP contribution in [0.25, 0.3) is 16.5 Å². The Bertz CT molecular complexity index is 1420. The number of methoxy groups -OCH3 is 1. The molecule has 0 aliphatic carbocycles. The molecular formula is C28H30N4O4. The monoisotopic (exact) mass is 486 g/mol. The van der Waals surface area contributed by atoms with Crippen molar-refractivity contribution in [2.75, 3.05) is 17.7 Å². The van der Waals surface area contributed by atoms with E-state index in [1.165, 1.54) is 0 Å². The summed E-state index contributed by atoms with van der Waals surface area (Å²) in [7, 11) is 1.62. The van der Waals surface area contributed by atoms with Gasteiger partial charge in [-0.25, -0.2) is 9.48 Å². The van der Waals surface area contributed by atoms with Crippen LogP contribution in [0.2, 0.25) is 0 Å². The second-order valence-corrected chi connectivity index (χ2v) is 9.58. The lowest BCUT2D eigenvalue weighted by atomic mass is 9.92. The molecule has 0 aliphatic rings. The molecule has 1 heterocycles. The largest absolute Gasteiger partial charge is 0.496 e. The first-order valence-corrected chi connectivity index (χ1v) is 11.7. The third-order valence-electron chi connectivity index (χ3n) is 5.85. The number of carbonyl (C=O) groups excluding carboxylic acids is 1. The molecule has 186 valence electrons. The minimum absolute atomic E-state index is 0.0408. The van der Waals surface area contributed by atoms with Crippen molar-refractivity contribution in [2.24, 2.45) is 0 Å². The number of aliphatic carboxylic acids is 1. The van der Waals surface area contributed by atoms with Gasteiger partial charge in [-0.05, 0) is 36.2 Å². The number of carboxylic acids is 1. The van der Waals surface area contributed by atoms with Gasteiger partial charge in [0, 0.05) is 28.7 Å². The summed E-state index contributed by atoms with van der Waals surface area (Å²) < 4.78 is 7.13. The summed E-state index contributed by atoms with van der Waals surface area (Å²) in [4.78, 5) is 24.1. The Morgan fingerprint density at radius 3 is 2.42 bits per heavy atom. The van der Waals surface area contributed by atoms with Gasteiger partial charge in [0.05, 0.1) is 24.2 Å². The van der Waals surface area contributed by atoms with E-state index in [2.05, 4.69) is 31.4 Å². The molecule has 2 amide bonds. The van der Waals surface area contributed by atoms with Gasteiger partial charge in [-0.1, -0.05) is 57.2 Å². The number of benzene rings is 3. The van der Waals surface area contributed by atoms with Gasteiger partial charge in [0.2, 0.25) is 0 Å². The Morgan fingerprint density at radius 1 is 0.972 bits per heavy atom. The van der Waals surface area contributed by atoms with Crippen LogP contribution in [-0.4, -0.2) is 34.0 Å². The number of carboxylic acid groups (broad SMARTS) is 1. The highest BCUT2D eigenvalue weighted by molar-refractivity contribution is 6.07. The number of hydrogen-bond donors (Lipinski definition) is 3. The third-order valence-corrected chi connectivity index (χ3v) is 5.85. The number of anilines is 2. The van der Waals surface area contributed by atoms with Gasteiger partial charge in [-0.3, -0.25) is 10.1 Å². The molecule has 0 spiro atoms. The van der Waals surface area contributed by atoms with E-state index in [0.717, 1.165) is 33.5 Å². The number of hydrogen-bond acceptors (Lipinski definition) is 4. The number of aryl methyl sites for hydroxylation is 1. The van der Waals surface area contributed by atoms with Crippen LogP contribution in [0.1, 0.15) is 38.4 Å². The van der Waals surface area contributed by atoms with E-state index in [1.807, 2.05) is 66.7 Å². The molecule has 0 aliphatic heterocycles. The SMILES string of the molecule is COc1ccc(NC(=O)Nc2cc(C(C)(C)C)nn2-c2cccc(CCC(=O)O)c2)c2ccccc12. The summed E-state index contributed by atoms with van der Waals surface area (Å²) >= 11 is 0. The number of fused-ring (bicyclic) bond motifs is 1. The van der Waals surface area contributed by atoms with Gasteiger partial charge in [-0.2, -0.15) is 5.10 Å². The summed E-state index contributed by atoms with van der Waals surface area (Å²) in [5.41, 5.74) is 2.83. The number of urea groups is 1. The summed E-state index contributed by atoms with van der Waals surface area (Å²) in [5.74, 6) is 0.387. The van der Waals surface area contributed by atoms with Crippen LogP contribution in [0.4, 0.5) is 16.3 Å². The number of ether oxygens (including phenoxy) is 1. The zero-order chi connectivity index (χ0) is 25.9. The normalized spacial score (nSPS) is 11.3. The quantitative estimate of drug-likeness (QED) is 0.297. The summed E-state index contributed by atoms with van der Waals surface area (Å²) in [5, 5.41) is 21.4. The molecule has 8 heteroatoms. The minimum Gasteiger partial charge on any atom is -0.496 e. The van der Waals surface area contributed by atoms with E-state index < -0.39 is 12.0 Å². The number of aromatic nitrogens is 2. The van der Waals surface area contributed by atoms with Gasteiger partial charge >= 0.3 is 12.0 Å². The molecule has 0 bridgehead atoms. The molecule has 0 atom stereocenters. The van der Waals surface area contributed by atoms with Crippen LogP contribution >= 0.6 is 0 Å². The second kappa shape index (κ2) is 10.1. The van der Waals surface area contributed by atoms with Crippen molar-refractivity contribution in [1.29, 1.82) is 0 Å². The van der Waals surface area contributed by atoms with Crippen LogP contribution in [0.3, 0.4) is 0 Å². The number of carbonyl (C=O) groups is 2. The number of nitrogens with zero attached hydrogens (tertiary/aromatic N) is 2. The molecule has 8 nitrogen and oxygen atoms in total. The Kier molecular flexibility index (Phi) is 6.96. The molecular weight excluding hydrogens is 456 g/mol. The number of amides is 2. The van der Waals surface area contributed by atoms with Crippen molar-refractivity contribution in [1.82, 2.24) is 9.78 Å². The highest BCUT2D eigenvalue weighted by Gasteiger charge is 2.22. The highest BCUT2D eigenvalue weighted by atomic mass is 16.5. The first-order valence-electron chi connectivity index (χ1n) is 11.7. The van der Waals surface area contributed by atoms with Crippen LogP contribution in [0.5, 0.6) is 5.75 Å². The average Bonchev–Trinajstić information content (AvgIpc) is 3.27. The summed E-state index contributed by atoms with van der Waals surface area (Å²) in [6.07, 6.45) is 0.448. The molecule has 3 N–H and O–H groups in total. The van der Waals surface area contributed by atoms with Gasteiger partial charge in [0.15, 0.2) is 0 Å². The van der Waals surface area contributed by atoms with Crippen molar-refractivity contribution in [3.8, 4) is 11.4 Å². The molecule has 0 fully saturated rings. The van der Waals surface area contributed by atoms with Crippen molar-refractivity contribution in [2.45, 2.75) is 39.0 Å². The molecule has 4 aromatic rings. The predicted molar refractivity (Wildman–Crippen MR) is 141 cm³/mol. The smallest absolute Gasteiger partial charge is 0.324 e. The first-order chi connectivity index (χ1) is 17.2. The van der Waals surface area contributed by atoms with Gasteiger partial charge in [-0.15, -0.1) is 0 Å². The van der Waals surface area contributed by atoms with E-state index in [1.54, 1.807) is 11.8 Å². The second-order valence-electron chi connectivity index (χ2n) is 9.58. The van der Waals surface area contributed by atoms with Gasteiger partial charge in [0.25, 0.3) is 0 Å². The van der Waals surface area contributed by atoms with Crippen molar-refractivity contribution in [3.63, 3.8) is 0 Å². The maximum atomic E-state index is 13.1. The van der Waals surface area contributed by atoms with Crippen molar-refractivity contribution < 1.29 is 19.4 Å². The van der Waals surface area contributed by atoms with Gasteiger partial charge < -0.3 is 15.2 Å². The molecule has 0 radical (unpaired) electrons. The lowest BCUT2D eigenvalue weighted by Gasteiger charge is -2.14. The van der Waals surface area contributed by atoms with Crippen LogP contribution in [0.15, 0.2) is 66.7 Å². The maximum Gasteiger partial charge on any atom is 0.324 e. The third kappa shape index (κ3) is 5.49. The predicted octanol–water partition coefficient (Wildman–Crippen LogP) is 5.99. The van der Waals surface area contributed by atoms with Crippen LogP contribution in [0, 0.1) is 0 Å². The molecule has 36 heavy (non-hydrogen) atoms. The Labute approximate surface area is 209 Å². The Morgan fingerprint density at radius 2 is 1.72 bits per heavy atom. The highest BCUT2D eigenvalue weighted by Crippen LogP contribution is 2.32. The maximum absolute atomic E-state index is 13.1. The molecule has 0 saturated heterocycles. The topological polar surface area (TPSA) is 105 Å². The van der Waals surface area contributed by atoms with Gasteiger partial charge in [0.1, 0.15) is 11.6 Å². The molecule has 0 unspecified atom stereocenters. The zero-order valence-corrected chi connectivity index (χ0v) is 20.8. The molecule has 0 saturated carbocycles. The van der Waals surface area contributed by atoms with Crippen LogP contribution in [-0.2, 0) is 16.6 Å². The summed E-state index contributed by atoms with van der Waals surface area (Å²) in [6, 6.07) is 20.3. The van der Waals surface area contributed by atoms with Crippen molar-refractivity contribution >= 4 is 34.3 Å². The standard InChI is InChI=1S/C28H30N4O4/c1-28(2,3)24-17-25(32(31-24)19-9-7-8-18(16-19)12-15-26(33)34)30-27(35)29-22-13-14-23(36-4)21-11-6-5-10-20(21)22/h5-11,13-14,16-17H,12,15H2,1-4H3,(H,33,34)(H2,29,30,35). The van der Waals surface area contributed by atoms with E-state index in [0.29, 0.717) is 17.9 Å². The van der Waals surface area contributed by atoms with Crippen molar-refractivity contribution in [3.05, 3.63) is 78.0 Å². The lowest BCUT2D eigenvalue weighted by molar-refractivity contribution is -0.136. The molecule has 3 aromatic carbocycles.